The van der Waals surface area contributed by atoms with Gasteiger partial charge in [-0.15, -0.1) is 0 Å². The van der Waals surface area contributed by atoms with E-state index in [1.807, 2.05) is 11.1 Å². The summed E-state index contributed by atoms with van der Waals surface area (Å²) in [5.41, 5.74) is 11.1. The highest BCUT2D eigenvalue weighted by Gasteiger charge is 2.29. The van der Waals surface area contributed by atoms with Crippen molar-refractivity contribution in [3.05, 3.63) is 89.3 Å². The summed E-state index contributed by atoms with van der Waals surface area (Å²) in [5, 5.41) is 3.31. The Balaban J connectivity index is 1.84. The van der Waals surface area contributed by atoms with Crippen LogP contribution in [0.1, 0.15) is 54.9 Å². The number of carbonyl (C=O) groups excluding carboxylic acids is 1. The van der Waals surface area contributed by atoms with Gasteiger partial charge in [-0.25, -0.2) is 4.98 Å². The molecule has 0 saturated carbocycles. The Morgan fingerprint density at radius 1 is 0.944 bits per heavy atom. The van der Waals surface area contributed by atoms with E-state index in [9.17, 15) is 4.79 Å². The van der Waals surface area contributed by atoms with Crippen molar-refractivity contribution in [1.29, 1.82) is 0 Å². The number of allylic oxidation sites excluding steroid dienone is 1. The fourth-order valence-corrected chi connectivity index (χ4v) is 6.16. The summed E-state index contributed by atoms with van der Waals surface area (Å²) in [6.45, 7) is 15.2. The number of fused-ring (bicyclic) bond motifs is 6. The van der Waals surface area contributed by atoms with Crippen molar-refractivity contribution in [2.45, 2.75) is 53.4 Å². The van der Waals surface area contributed by atoms with Crippen LogP contribution in [-0.2, 0) is 4.79 Å². The molecule has 4 heteroatoms. The van der Waals surface area contributed by atoms with Crippen LogP contribution < -0.4 is 4.90 Å². The number of carbonyl (C=O) groups is 1. The van der Waals surface area contributed by atoms with Crippen LogP contribution in [0.15, 0.2) is 67.0 Å². The summed E-state index contributed by atoms with van der Waals surface area (Å²) in [7, 11) is 0. The predicted octanol–water partition coefficient (Wildman–Crippen LogP) is 8.00. The molecule has 1 amide bonds. The topological polar surface area (TPSA) is 37.6 Å². The normalized spacial score (nSPS) is 14.3. The number of aryl methyl sites for hydroxylation is 3. The highest BCUT2D eigenvalue weighted by atomic mass is 16.2. The van der Waals surface area contributed by atoms with Crippen molar-refractivity contribution in [3.8, 4) is 11.3 Å². The van der Waals surface area contributed by atoms with E-state index in [1.54, 1.807) is 0 Å². The second-order valence-electron chi connectivity index (χ2n) is 10.5. The monoisotopic (exact) mass is 473 g/mol. The number of nitrogens with zero attached hydrogens (tertiary/aromatic N) is 3. The third kappa shape index (κ3) is 3.13. The summed E-state index contributed by atoms with van der Waals surface area (Å²) in [6, 6.07) is 17.3. The van der Waals surface area contributed by atoms with Crippen molar-refractivity contribution >= 4 is 38.9 Å². The van der Waals surface area contributed by atoms with Crippen molar-refractivity contribution in [1.82, 2.24) is 9.38 Å². The third-order valence-electron chi connectivity index (χ3n) is 7.60. The third-order valence-corrected chi connectivity index (χ3v) is 7.60. The lowest BCUT2D eigenvalue weighted by Gasteiger charge is -2.24. The van der Waals surface area contributed by atoms with Gasteiger partial charge in [-0.05, 0) is 61.9 Å². The molecule has 36 heavy (non-hydrogen) atoms. The predicted molar refractivity (Wildman–Crippen MR) is 150 cm³/mol. The molecule has 6 rings (SSSR count). The van der Waals surface area contributed by atoms with Gasteiger partial charge in [0.1, 0.15) is 5.65 Å². The first-order valence-corrected chi connectivity index (χ1v) is 12.7. The first-order valence-electron chi connectivity index (χ1n) is 12.7. The molecule has 0 N–H and O–H groups in total. The molecule has 4 nitrogen and oxygen atoms in total. The Morgan fingerprint density at radius 2 is 1.67 bits per heavy atom. The number of anilines is 1. The van der Waals surface area contributed by atoms with Gasteiger partial charge in [-0.2, -0.15) is 0 Å². The first-order chi connectivity index (χ1) is 17.3. The number of para-hydroxylation sites is 1. The average Bonchev–Trinajstić information content (AvgIpc) is 3.41. The highest BCUT2D eigenvalue weighted by molar-refractivity contribution is 6.21. The van der Waals surface area contributed by atoms with Crippen molar-refractivity contribution < 1.29 is 4.79 Å². The van der Waals surface area contributed by atoms with Crippen LogP contribution in [-0.4, -0.2) is 15.3 Å². The minimum Gasteiger partial charge on any atom is -0.292 e. The zero-order chi connectivity index (χ0) is 25.3. The van der Waals surface area contributed by atoms with Crippen molar-refractivity contribution in [2.75, 3.05) is 4.90 Å². The quantitative estimate of drug-likeness (QED) is 0.249. The van der Waals surface area contributed by atoms with E-state index < -0.39 is 0 Å². The number of aromatic nitrogens is 2. The molecule has 0 bridgehead atoms. The van der Waals surface area contributed by atoms with Crippen LogP contribution >= 0.6 is 0 Å². The molecule has 0 spiro atoms. The lowest BCUT2D eigenvalue weighted by molar-refractivity contribution is -0.116. The van der Waals surface area contributed by atoms with E-state index in [0.717, 1.165) is 44.4 Å². The largest absolute Gasteiger partial charge is 0.292 e. The molecule has 3 aromatic carbocycles. The maximum atomic E-state index is 13.0. The van der Waals surface area contributed by atoms with E-state index in [2.05, 4.69) is 94.1 Å². The molecule has 5 aromatic rings. The van der Waals surface area contributed by atoms with Crippen molar-refractivity contribution in [2.24, 2.45) is 0 Å². The van der Waals surface area contributed by atoms with E-state index in [1.165, 1.54) is 27.8 Å². The van der Waals surface area contributed by atoms with Gasteiger partial charge in [0.15, 0.2) is 0 Å². The molecule has 0 radical (unpaired) electrons. The maximum absolute atomic E-state index is 13.0. The fraction of sp³-hybridized carbons (Fsp3) is 0.250. The van der Waals surface area contributed by atoms with Gasteiger partial charge in [0.25, 0.3) is 0 Å². The molecule has 1 aliphatic heterocycles. The van der Waals surface area contributed by atoms with Gasteiger partial charge in [0.05, 0.1) is 23.1 Å². The minimum atomic E-state index is 0.109. The Hall–Kier alpha value is -3.92. The van der Waals surface area contributed by atoms with E-state index in [0.29, 0.717) is 18.8 Å². The van der Waals surface area contributed by atoms with E-state index in [4.69, 9.17) is 4.98 Å². The average molecular weight is 474 g/mol. The summed E-state index contributed by atoms with van der Waals surface area (Å²) >= 11 is 0. The van der Waals surface area contributed by atoms with Crippen LogP contribution in [0, 0.1) is 20.8 Å². The molecule has 0 aliphatic carbocycles. The fourth-order valence-electron chi connectivity index (χ4n) is 6.16. The standard InChI is InChI=1S/C32H31N3O/c1-18(2)23-12-13-26(34-22(6)11-14-28(34)36)30-24-9-7-8-10-25(24)35-27(17-33-32(35)31(23)30)29-20(4)15-19(3)16-21(29)5/h7-10,12-13,15-18H,6,11,14H2,1-5H3. The minimum absolute atomic E-state index is 0.109. The first kappa shape index (κ1) is 22.5. The van der Waals surface area contributed by atoms with Gasteiger partial charge in [-0.3, -0.25) is 14.1 Å². The Kier molecular flexibility index (Phi) is 5.04. The second kappa shape index (κ2) is 8.06. The molecule has 1 aliphatic rings. The summed E-state index contributed by atoms with van der Waals surface area (Å²) < 4.78 is 2.32. The lowest BCUT2D eigenvalue weighted by atomic mass is 9.92. The summed E-state index contributed by atoms with van der Waals surface area (Å²) in [4.78, 5) is 19.9. The van der Waals surface area contributed by atoms with Gasteiger partial charge in [0, 0.05) is 33.8 Å². The number of amides is 1. The molecule has 0 unspecified atom stereocenters. The smallest absolute Gasteiger partial charge is 0.231 e. The number of benzene rings is 3. The van der Waals surface area contributed by atoms with Gasteiger partial charge < -0.3 is 0 Å². The van der Waals surface area contributed by atoms with Gasteiger partial charge in [0.2, 0.25) is 5.91 Å². The van der Waals surface area contributed by atoms with Crippen molar-refractivity contribution in [3.63, 3.8) is 0 Å². The molecular formula is C32H31N3O. The van der Waals surface area contributed by atoms with Gasteiger partial charge in [-0.1, -0.05) is 62.4 Å². The molecule has 0 atom stereocenters. The van der Waals surface area contributed by atoms with Crippen LogP contribution in [0.4, 0.5) is 5.69 Å². The molecule has 3 heterocycles. The molecule has 2 aromatic heterocycles. The molecule has 180 valence electrons. The zero-order valence-corrected chi connectivity index (χ0v) is 21.6. The molecule has 1 fully saturated rings. The Bertz CT molecular complexity index is 1700. The number of pyridine rings is 1. The molecule has 1 saturated heterocycles. The maximum Gasteiger partial charge on any atom is 0.231 e. The summed E-state index contributed by atoms with van der Waals surface area (Å²) in [5.74, 6) is 0.407. The number of rotatable bonds is 3. The highest BCUT2D eigenvalue weighted by Crippen LogP contribution is 2.44. The lowest BCUT2D eigenvalue weighted by Crippen LogP contribution is -2.22. The summed E-state index contributed by atoms with van der Waals surface area (Å²) in [6.07, 6.45) is 3.22. The Morgan fingerprint density at radius 3 is 2.33 bits per heavy atom. The SMILES string of the molecule is C=C1CCC(=O)N1c1ccc(C(C)C)c2c1c1ccccc1n1c(-c3c(C)cc(C)cc3C)cnc21. The van der Waals surface area contributed by atoms with Crippen LogP contribution in [0.25, 0.3) is 38.6 Å². The van der Waals surface area contributed by atoms with Crippen LogP contribution in [0.5, 0.6) is 0 Å². The second-order valence-corrected chi connectivity index (χ2v) is 10.5. The van der Waals surface area contributed by atoms with E-state index >= 15 is 0 Å². The molecular weight excluding hydrogens is 442 g/mol. The van der Waals surface area contributed by atoms with Crippen LogP contribution in [0.2, 0.25) is 0 Å². The van der Waals surface area contributed by atoms with Crippen LogP contribution in [0.3, 0.4) is 0 Å². The van der Waals surface area contributed by atoms with Gasteiger partial charge >= 0.3 is 0 Å². The number of hydrogen-bond acceptors (Lipinski definition) is 2. The number of imidazole rings is 1. The Labute approximate surface area is 211 Å². The van der Waals surface area contributed by atoms with E-state index in [-0.39, 0.29) is 5.91 Å². The zero-order valence-electron chi connectivity index (χ0n) is 21.6. The number of hydrogen-bond donors (Lipinski definition) is 0.